The van der Waals surface area contributed by atoms with Gasteiger partial charge in [-0.25, -0.2) is 4.98 Å². The van der Waals surface area contributed by atoms with Gasteiger partial charge < -0.3 is 23.5 Å². The zero-order valence-corrected chi connectivity index (χ0v) is 20.8. The van der Waals surface area contributed by atoms with E-state index in [0.717, 1.165) is 66.0 Å². The highest BCUT2D eigenvalue weighted by molar-refractivity contribution is 5.87. The largest absolute Gasteiger partial charge is 0.483 e. The first-order valence-electron chi connectivity index (χ1n) is 12.5. The summed E-state index contributed by atoms with van der Waals surface area (Å²) < 4.78 is 15.8. The quantitative estimate of drug-likeness (QED) is 0.341. The van der Waals surface area contributed by atoms with E-state index in [1.165, 1.54) is 0 Å². The Morgan fingerprint density at radius 2 is 1.94 bits per heavy atom. The molecule has 7 heteroatoms. The lowest BCUT2D eigenvalue weighted by Gasteiger charge is -2.25. The van der Waals surface area contributed by atoms with Gasteiger partial charge in [0, 0.05) is 38.3 Å². The number of ether oxygens (including phenoxy) is 2. The van der Waals surface area contributed by atoms with Crippen molar-refractivity contribution in [3.05, 3.63) is 60.6 Å². The Morgan fingerprint density at radius 3 is 2.77 bits per heavy atom. The van der Waals surface area contributed by atoms with Gasteiger partial charge in [-0.3, -0.25) is 4.79 Å². The lowest BCUT2D eigenvalue weighted by Crippen LogP contribution is -2.35. The van der Waals surface area contributed by atoms with Crippen LogP contribution in [0.15, 0.2) is 54.7 Å². The van der Waals surface area contributed by atoms with Crippen LogP contribution in [0.3, 0.4) is 0 Å². The zero-order valence-electron chi connectivity index (χ0n) is 20.8. The number of likely N-dealkylation sites (tertiary alicyclic amines) is 1. The van der Waals surface area contributed by atoms with Crippen LogP contribution in [0.1, 0.15) is 38.6 Å². The van der Waals surface area contributed by atoms with Crippen LogP contribution in [0.5, 0.6) is 5.75 Å². The molecular formula is C28H34N4O3. The number of aromatic nitrogens is 3. The third-order valence-electron chi connectivity index (χ3n) is 6.76. The Kier molecular flexibility index (Phi) is 6.77. The minimum absolute atomic E-state index is 0.00599. The van der Waals surface area contributed by atoms with Crippen molar-refractivity contribution in [3.8, 4) is 5.75 Å². The second-order valence-corrected chi connectivity index (χ2v) is 9.69. The molecule has 2 aromatic heterocycles. The molecule has 1 aliphatic heterocycles. The molecule has 35 heavy (non-hydrogen) atoms. The summed E-state index contributed by atoms with van der Waals surface area (Å²) in [7, 11) is 1.70. The number of methoxy groups -OCH3 is 1. The number of carbonyl (C=O) groups is 1. The zero-order chi connectivity index (χ0) is 24.4. The molecule has 4 aromatic rings. The monoisotopic (exact) mass is 474 g/mol. The van der Waals surface area contributed by atoms with Gasteiger partial charge in [-0.2, -0.15) is 0 Å². The van der Waals surface area contributed by atoms with Crippen molar-refractivity contribution < 1.29 is 14.3 Å². The molecular weight excluding hydrogens is 440 g/mol. The number of hydrogen-bond donors (Lipinski definition) is 0. The number of amides is 1. The molecule has 184 valence electrons. The summed E-state index contributed by atoms with van der Waals surface area (Å²) in [6.07, 6.45) is 3.93. The van der Waals surface area contributed by atoms with Crippen LogP contribution >= 0.6 is 0 Å². The molecule has 0 bridgehead atoms. The fourth-order valence-electron chi connectivity index (χ4n) is 5.17. The van der Waals surface area contributed by atoms with Crippen LogP contribution in [0.4, 0.5) is 0 Å². The SMILES string of the molecule is COCCn1ccc2c(OCC(=O)N3CCC[C@@H]3c3nc4ccccc4n3CC(C)C)cccc21. The summed E-state index contributed by atoms with van der Waals surface area (Å²) in [6, 6.07) is 16.2. The smallest absolute Gasteiger partial charge is 0.261 e. The molecule has 0 spiro atoms. The van der Waals surface area contributed by atoms with Gasteiger partial charge in [0.1, 0.15) is 11.6 Å². The van der Waals surface area contributed by atoms with E-state index in [-0.39, 0.29) is 18.6 Å². The number of nitrogens with zero attached hydrogens (tertiary/aromatic N) is 4. The highest BCUT2D eigenvalue weighted by Crippen LogP contribution is 2.34. The molecule has 1 aliphatic rings. The van der Waals surface area contributed by atoms with E-state index in [1.807, 2.05) is 35.4 Å². The summed E-state index contributed by atoms with van der Waals surface area (Å²) in [4.78, 5) is 20.3. The number of hydrogen-bond acceptors (Lipinski definition) is 4. The third kappa shape index (κ3) is 4.65. The van der Waals surface area contributed by atoms with Gasteiger partial charge >= 0.3 is 0 Å². The lowest BCUT2D eigenvalue weighted by atomic mass is 10.1. The van der Waals surface area contributed by atoms with Crippen molar-refractivity contribution in [2.45, 2.75) is 45.8 Å². The van der Waals surface area contributed by atoms with E-state index in [0.29, 0.717) is 12.5 Å². The Balaban J connectivity index is 1.35. The van der Waals surface area contributed by atoms with Gasteiger partial charge in [0.25, 0.3) is 5.91 Å². The first-order valence-corrected chi connectivity index (χ1v) is 12.5. The van der Waals surface area contributed by atoms with Crippen LogP contribution in [0.2, 0.25) is 0 Å². The maximum Gasteiger partial charge on any atom is 0.261 e. The first kappa shape index (κ1) is 23.4. The fraction of sp³-hybridized carbons (Fsp3) is 0.429. The van der Waals surface area contributed by atoms with Gasteiger partial charge in [0.2, 0.25) is 0 Å². The van der Waals surface area contributed by atoms with Crippen LogP contribution in [-0.4, -0.2) is 51.8 Å². The normalized spacial score (nSPS) is 16.1. The molecule has 7 nitrogen and oxygen atoms in total. The Labute approximate surface area is 206 Å². The highest BCUT2D eigenvalue weighted by atomic mass is 16.5. The molecule has 0 N–H and O–H groups in total. The molecule has 3 heterocycles. The molecule has 0 aliphatic carbocycles. The summed E-state index contributed by atoms with van der Waals surface area (Å²) >= 11 is 0. The second-order valence-electron chi connectivity index (χ2n) is 9.69. The van der Waals surface area contributed by atoms with Crippen molar-refractivity contribution >= 4 is 27.8 Å². The van der Waals surface area contributed by atoms with Crippen molar-refractivity contribution in [1.29, 1.82) is 0 Å². The van der Waals surface area contributed by atoms with Crippen LogP contribution in [0.25, 0.3) is 21.9 Å². The summed E-state index contributed by atoms with van der Waals surface area (Å²) in [5, 5.41) is 1.01. The first-order chi connectivity index (χ1) is 17.1. The van der Waals surface area contributed by atoms with E-state index in [1.54, 1.807) is 7.11 Å². The molecule has 5 rings (SSSR count). The topological polar surface area (TPSA) is 61.5 Å². The standard InChI is InChI=1S/C28H34N4O3/c1-20(2)18-32-24-9-5-4-8-22(24)29-28(32)25-11-7-14-31(25)27(33)19-35-26-12-6-10-23-21(26)13-15-30(23)16-17-34-3/h4-6,8-10,12-13,15,20,25H,7,11,14,16-19H2,1-3H3/t25-/m1/s1. The molecule has 1 fully saturated rings. The van der Waals surface area contributed by atoms with Crippen molar-refractivity contribution in [2.75, 3.05) is 26.9 Å². The Bertz CT molecular complexity index is 1320. The molecule has 2 aromatic carbocycles. The van der Waals surface area contributed by atoms with E-state index in [9.17, 15) is 4.79 Å². The summed E-state index contributed by atoms with van der Waals surface area (Å²) in [5.41, 5.74) is 3.20. The number of carbonyl (C=O) groups excluding carboxylic acids is 1. The second kappa shape index (κ2) is 10.1. The van der Waals surface area contributed by atoms with Crippen LogP contribution in [-0.2, 0) is 22.6 Å². The van der Waals surface area contributed by atoms with E-state index < -0.39 is 0 Å². The van der Waals surface area contributed by atoms with E-state index >= 15 is 0 Å². The van der Waals surface area contributed by atoms with Gasteiger partial charge in [-0.05, 0) is 49.1 Å². The average Bonchev–Trinajstić information content (AvgIpc) is 3.58. The van der Waals surface area contributed by atoms with E-state index in [2.05, 4.69) is 47.2 Å². The van der Waals surface area contributed by atoms with Gasteiger partial charge in [0.15, 0.2) is 6.61 Å². The minimum atomic E-state index is -0.0248. The van der Waals surface area contributed by atoms with Gasteiger partial charge in [0.05, 0.1) is 29.2 Å². The summed E-state index contributed by atoms with van der Waals surface area (Å²) in [5.74, 6) is 2.21. The number of imidazole rings is 1. The summed E-state index contributed by atoms with van der Waals surface area (Å²) in [6.45, 7) is 7.48. The number of rotatable bonds is 9. The van der Waals surface area contributed by atoms with Crippen molar-refractivity contribution in [3.63, 3.8) is 0 Å². The number of fused-ring (bicyclic) bond motifs is 2. The predicted molar refractivity (Wildman–Crippen MR) is 138 cm³/mol. The van der Waals surface area contributed by atoms with E-state index in [4.69, 9.17) is 14.5 Å². The number of para-hydroxylation sites is 2. The maximum atomic E-state index is 13.4. The average molecular weight is 475 g/mol. The molecule has 0 unspecified atom stereocenters. The maximum absolute atomic E-state index is 13.4. The fourth-order valence-corrected chi connectivity index (χ4v) is 5.17. The van der Waals surface area contributed by atoms with Crippen molar-refractivity contribution in [2.24, 2.45) is 5.92 Å². The van der Waals surface area contributed by atoms with Crippen molar-refractivity contribution in [1.82, 2.24) is 19.0 Å². The van der Waals surface area contributed by atoms with Gasteiger partial charge in [-0.15, -0.1) is 0 Å². The minimum Gasteiger partial charge on any atom is -0.483 e. The van der Waals surface area contributed by atoms with Crippen LogP contribution in [0, 0.1) is 5.92 Å². The van der Waals surface area contributed by atoms with Gasteiger partial charge in [-0.1, -0.05) is 32.0 Å². The predicted octanol–water partition coefficient (Wildman–Crippen LogP) is 5.04. The Hall–Kier alpha value is -3.32. The molecule has 0 radical (unpaired) electrons. The van der Waals surface area contributed by atoms with Crippen LogP contribution < -0.4 is 4.74 Å². The number of benzene rings is 2. The highest BCUT2D eigenvalue weighted by Gasteiger charge is 2.34. The molecule has 0 saturated carbocycles. The Morgan fingerprint density at radius 1 is 1.11 bits per heavy atom. The lowest BCUT2D eigenvalue weighted by molar-refractivity contribution is -0.134. The molecule has 1 atom stereocenters. The molecule has 1 amide bonds. The third-order valence-corrected chi connectivity index (χ3v) is 6.76. The molecule has 1 saturated heterocycles.